The number of rotatable bonds is 10. The van der Waals surface area contributed by atoms with Crippen molar-refractivity contribution in [1.82, 2.24) is 0 Å². The number of hydrogen-bond donors (Lipinski definition) is 0. The van der Waals surface area contributed by atoms with Gasteiger partial charge >= 0.3 is 0 Å². The molecule has 2 nitrogen and oxygen atoms in total. The van der Waals surface area contributed by atoms with Gasteiger partial charge in [-0.1, -0.05) is 272 Å². The third-order valence-electron chi connectivity index (χ3n) is 20.5. The SMILES string of the molecule is CC1(C)c2cc(C=Cc3ccc4c(c3)C(C)(C)c3cc(N(c5ccc6ccccc6c5)c5ccc6ccccc6c5)ccc3-4)ccc2-c2ccc(C=Cc3ccc4c(c3)C(C)(C)c3cc(N(c5ccc6ccccc6c5)c5ccc6ccccc6c5)ccc3-4)cc21. The predicted molar refractivity (Wildman–Crippen MR) is 389 cm³/mol. The van der Waals surface area contributed by atoms with Crippen LogP contribution >= 0.6 is 0 Å². The highest BCUT2D eigenvalue weighted by molar-refractivity contribution is 5.97. The molecule has 17 rings (SSSR count). The van der Waals surface area contributed by atoms with Crippen molar-refractivity contribution in [2.24, 2.45) is 0 Å². The molecule has 14 aromatic carbocycles. The maximum Gasteiger partial charge on any atom is 0.0468 e. The van der Waals surface area contributed by atoms with E-state index in [0.717, 1.165) is 34.1 Å². The molecular formula is C89H68N2. The summed E-state index contributed by atoms with van der Waals surface area (Å²) >= 11 is 0. The third-order valence-corrected chi connectivity index (χ3v) is 20.5. The number of nitrogens with zero attached hydrogens (tertiary/aromatic N) is 2. The normalized spacial score (nSPS) is 14.4. The van der Waals surface area contributed by atoms with E-state index < -0.39 is 0 Å². The Hall–Kier alpha value is -10.8. The van der Waals surface area contributed by atoms with Gasteiger partial charge in [0.15, 0.2) is 0 Å². The van der Waals surface area contributed by atoms with Gasteiger partial charge in [-0.05, 0) is 205 Å². The Morgan fingerprint density at radius 1 is 0.198 bits per heavy atom. The minimum absolute atomic E-state index is 0.167. The van der Waals surface area contributed by atoms with Gasteiger partial charge < -0.3 is 9.80 Å². The smallest absolute Gasteiger partial charge is 0.0468 e. The van der Waals surface area contributed by atoms with Crippen LogP contribution in [0.1, 0.15) is 97.2 Å². The van der Waals surface area contributed by atoms with Gasteiger partial charge in [0, 0.05) is 50.4 Å². The summed E-state index contributed by atoms with van der Waals surface area (Å²) in [5.74, 6) is 0. The summed E-state index contributed by atoms with van der Waals surface area (Å²) in [6.45, 7) is 14.3. The van der Waals surface area contributed by atoms with Gasteiger partial charge in [0.1, 0.15) is 0 Å². The quantitative estimate of drug-likeness (QED) is 0.126. The summed E-state index contributed by atoms with van der Waals surface area (Å²) < 4.78 is 0. The van der Waals surface area contributed by atoms with E-state index in [1.165, 1.54) is 132 Å². The van der Waals surface area contributed by atoms with Crippen LogP contribution in [-0.2, 0) is 16.2 Å². The Bertz CT molecular complexity index is 4920. The van der Waals surface area contributed by atoms with Gasteiger partial charge in [-0.2, -0.15) is 0 Å². The maximum atomic E-state index is 2.44. The van der Waals surface area contributed by atoms with E-state index in [1.807, 2.05) is 0 Å². The van der Waals surface area contributed by atoms with E-state index in [9.17, 15) is 0 Å². The third kappa shape index (κ3) is 8.99. The van der Waals surface area contributed by atoms with Gasteiger partial charge in [0.05, 0.1) is 0 Å². The fourth-order valence-corrected chi connectivity index (χ4v) is 15.5. The molecule has 0 fully saturated rings. The Morgan fingerprint density at radius 3 is 0.648 bits per heavy atom. The lowest BCUT2D eigenvalue weighted by Crippen LogP contribution is -2.16. The van der Waals surface area contributed by atoms with E-state index in [2.05, 4.69) is 355 Å². The largest absolute Gasteiger partial charge is 0.310 e. The molecule has 0 spiro atoms. The topological polar surface area (TPSA) is 6.48 Å². The average molecular weight is 1170 g/mol. The number of fused-ring (bicyclic) bond motifs is 13. The molecule has 0 amide bonds. The van der Waals surface area contributed by atoms with E-state index in [-0.39, 0.29) is 16.2 Å². The monoisotopic (exact) mass is 1160 g/mol. The average Bonchev–Trinajstić information content (AvgIpc) is 1.65. The molecule has 0 saturated heterocycles. The molecule has 434 valence electrons. The van der Waals surface area contributed by atoms with E-state index >= 15 is 0 Å². The van der Waals surface area contributed by atoms with Crippen LogP contribution < -0.4 is 9.80 Å². The fourth-order valence-electron chi connectivity index (χ4n) is 15.5. The molecule has 0 saturated carbocycles. The Kier molecular flexibility index (Phi) is 12.3. The molecule has 0 N–H and O–H groups in total. The number of benzene rings is 14. The van der Waals surface area contributed by atoms with Gasteiger partial charge in [-0.3, -0.25) is 0 Å². The molecule has 0 aliphatic heterocycles. The summed E-state index contributed by atoms with van der Waals surface area (Å²) in [6.07, 6.45) is 9.21. The molecule has 0 heterocycles. The molecule has 3 aliphatic rings. The van der Waals surface area contributed by atoms with Gasteiger partial charge in [0.2, 0.25) is 0 Å². The maximum absolute atomic E-state index is 2.44. The fraction of sp³-hybridized carbons (Fsp3) is 0.101. The molecule has 14 aromatic rings. The second-order valence-electron chi connectivity index (χ2n) is 27.0. The molecular weight excluding hydrogens is 1100 g/mol. The van der Waals surface area contributed by atoms with Crippen molar-refractivity contribution in [3.05, 3.63) is 335 Å². The minimum atomic E-state index is -0.209. The summed E-state index contributed by atoms with van der Waals surface area (Å²) in [6, 6.07) is 104. The first-order chi connectivity index (χ1) is 44.3. The molecule has 0 bridgehead atoms. The molecule has 91 heavy (non-hydrogen) atoms. The van der Waals surface area contributed by atoms with Crippen molar-refractivity contribution in [2.75, 3.05) is 9.80 Å². The van der Waals surface area contributed by atoms with Gasteiger partial charge in [-0.15, -0.1) is 0 Å². The van der Waals surface area contributed by atoms with Crippen LogP contribution in [-0.4, -0.2) is 0 Å². The van der Waals surface area contributed by atoms with Crippen LogP contribution in [0, 0.1) is 0 Å². The molecule has 0 radical (unpaired) electrons. The summed E-state index contributed by atoms with van der Waals surface area (Å²) in [5, 5.41) is 9.86. The van der Waals surface area contributed by atoms with Gasteiger partial charge in [-0.25, -0.2) is 0 Å². The molecule has 0 unspecified atom stereocenters. The second kappa shape index (κ2) is 20.6. The predicted octanol–water partition coefficient (Wildman–Crippen LogP) is 24.5. The van der Waals surface area contributed by atoms with Crippen LogP contribution in [0.4, 0.5) is 34.1 Å². The standard InChI is InChI=1S/C89H68N2/c1-87(2)81-47-57(23-25-59-29-43-77-79-45-39-73(55-85(79)88(3,4)83(77)49-59)90(69-35-31-61-15-7-11-19-65(61)51-69)70-36-32-62-16-8-12-20-66(62)52-70)27-41-75(81)76-42-28-58(48-82(76)87)24-26-60-30-44-78-80-46-40-74(56-86(80)89(5,6)84(78)50-60)91(71-37-33-63-17-9-13-21-67(63)53-71)72-38-34-64-18-10-14-22-68(64)54-72/h7-56H,1-6H3. The van der Waals surface area contributed by atoms with Crippen molar-refractivity contribution in [1.29, 1.82) is 0 Å². The second-order valence-corrected chi connectivity index (χ2v) is 27.0. The van der Waals surface area contributed by atoms with E-state index in [1.54, 1.807) is 0 Å². The highest BCUT2D eigenvalue weighted by Gasteiger charge is 2.39. The number of hydrogen-bond acceptors (Lipinski definition) is 2. The highest BCUT2D eigenvalue weighted by Crippen LogP contribution is 2.54. The first kappa shape index (κ1) is 54.4. The zero-order valence-corrected chi connectivity index (χ0v) is 52.3. The van der Waals surface area contributed by atoms with Gasteiger partial charge in [0.25, 0.3) is 0 Å². The Labute approximate surface area is 534 Å². The molecule has 0 aromatic heterocycles. The zero-order valence-electron chi connectivity index (χ0n) is 52.3. The summed E-state index contributed by atoms with van der Waals surface area (Å²) in [4.78, 5) is 4.86. The van der Waals surface area contributed by atoms with E-state index in [4.69, 9.17) is 0 Å². The van der Waals surface area contributed by atoms with Crippen LogP contribution in [0.5, 0.6) is 0 Å². The van der Waals surface area contributed by atoms with Crippen LogP contribution in [0.3, 0.4) is 0 Å². The Morgan fingerprint density at radius 2 is 0.396 bits per heavy atom. The minimum Gasteiger partial charge on any atom is -0.310 e. The van der Waals surface area contributed by atoms with Crippen LogP contribution in [0.2, 0.25) is 0 Å². The molecule has 3 aliphatic carbocycles. The van der Waals surface area contributed by atoms with Crippen molar-refractivity contribution >= 4 is 102 Å². The van der Waals surface area contributed by atoms with Crippen molar-refractivity contribution < 1.29 is 0 Å². The molecule has 2 heteroatoms. The lowest BCUT2D eigenvalue weighted by Gasteiger charge is -2.28. The van der Waals surface area contributed by atoms with Crippen LogP contribution in [0.25, 0.3) is 101 Å². The Balaban J connectivity index is 0.618. The number of anilines is 6. The van der Waals surface area contributed by atoms with Crippen molar-refractivity contribution in [2.45, 2.75) is 57.8 Å². The first-order valence-corrected chi connectivity index (χ1v) is 32.1. The zero-order chi connectivity index (χ0) is 61.3. The van der Waals surface area contributed by atoms with Crippen molar-refractivity contribution in [3.63, 3.8) is 0 Å². The lowest BCUT2D eigenvalue weighted by molar-refractivity contribution is 0.660. The highest BCUT2D eigenvalue weighted by atomic mass is 15.1. The van der Waals surface area contributed by atoms with E-state index in [0.29, 0.717) is 0 Å². The van der Waals surface area contributed by atoms with Crippen molar-refractivity contribution in [3.8, 4) is 33.4 Å². The summed E-state index contributed by atoms with van der Waals surface area (Å²) in [7, 11) is 0. The molecule has 0 atom stereocenters. The lowest BCUT2D eigenvalue weighted by atomic mass is 9.81. The first-order valence-electron chi connectivity index (χ1n) is 32.1. The summed E-state index contributed by atoms with van der Waals surface area (Å²) in [5.41, 5.74) is 27.2. The van der Waals surface area contributed by atoms with Crippen LogP contribution in [0.15, 0.2) is 279 Å².